The number of ether oxygens (including phenoxy) is 1. The summed E-state index contributed by atoms with van der Waals surface area (Å²) in [4.78, 5) is 2.43. The first-order chi connectivity index (χ1) is 9.11. The Morgan fingerprint density at radius 2 is 2.21 bits per heavy atom. The van der Waals surface area contributed by atoms with Crippen molar-refractivity contribution in [1.29, 1.82) is 0 Å². The molecular formula is C15H21BrFNO. The Morgan fingerprint density at radius 1 is 1.47 bits per heavy atom. The van der Waals surface area contributed by atoms with Crippen molar-refractivity contribution in [2.45, 2.75) is 32.4 Å². The molecule has 1 aliphatic carbocycles. The maximum atomic E-state index is 13.3. The number of benzene rings is 1. The SMILES string of the molecule is COCCN(Cc1ccc(F)c(Br)c1)C(C)C1CC1. The van der Waals surface area contributed by atoms with E-state index in [1.807, 2.05) is 12.1 Å². The van der Waals surface area contributed by atoms with Crippen molar-refractivity contribution in [2.75, 3.05) is 20.3 Å². The first kappa shape index (κ1) is 14.9. The van der Waals surface area contributed by atoms with Gasteiger partial charge in [-0.25, -0.2) is 4.39 Å². The largest absolute Gasteiger partial charge is 0.383 e. The molecule has 1 fully saturated rings. The lowest BCUT2D eigenvalue weighted by Crippen LogP contribution is -2.36. The number of rotatable bonds is 7. The summed E-state index contributed by atoms with van der Waals surface area (Å²) in [5.41, 5.74) is 1.14. The second-order valence-corrected chi connectivity index (χ2v) is 6.14. The minimum absolute atomic E-state index is 0.206. The maximum absolute atomic E-state index is 13.3. The fourth-order valence-electron chi connectivity index (χ4n) is 2.38. The topological polar surface area (TPSA) is 12.5 Å². The van der Waals surface area contributed by atoms with Crippen molar-refractivity contribution in [3.8, 4) is 0 Å². The van der Waals surface area contributed by atoms with Gasteiger partial charge < -0.3 is 4.74 Å². The van der Waals surface area contributed by atoms with E-state index in [1.165, 1.54) is 18.9 Å². The average molecular weight is 330 g/mol. The molecule has 0 N–H and O–H groups in total. The third-order valence-electron chi connectivity index (χ3n) is 3.83. The van der Waals surface area contributed by atoms with Gasteiger partial charge in [-0.1, -0.05) is 6.07 Å². The minimum Gasteiger partial charge on any atom is -0.383 e. The van der Waals surface area contributed by atoms with E-state index in [0.29, 0.717) is 10.5 Å². The van der Waals surface area contributed by atoms with Crippen LogP contribution in [0.5, 0.6) is 0 Å². The van der Waals surface area contributed by atoms with Gasteiger partial charge in [-0.3, -0.25) is 4.90 Å². The molecule has 0 aromatic heterocycles. The van der Waals surface area contributed by atoms with E-state index in [9.17, 15) is 4.39 Å². The van der Waals surface area contributed by atoms with E-state index in [0.717, 1.165) is 31.2 Å². The normalized spacial score (nSPS) is 16.9. The van der Waals surface area contributed by atoms with Crippen LogP contribution in [0.25, 0.3) is 0 Å². The molecule has 4 heteroatoms. The van der Waals surface area contributed by atoms with Crippen molar-refractivity contribution in [1.82, 2.24) is 4.90 Å². The quantitative estimate of drug-likeness (QED) is 0.753. The highest BCUT2D eigenvalue weighted by Crippen LogP contribution is 2.35. The standard InChI is InChI=1S/C15H21BrFNO/c1-11(13-4-5-13)18(7-8-19-2)10-12-3-6-15(17)14(16)9-12/h3,6,9,11,13H,4-5,7-8,10H2,1-2H3. The molecule has 1 atom stereocenters. The number of halogens is 2. The molecule has 1 aliphatic rings. The summed E-state index contributed by atoms with van der Waals surface area (Å²) in [5, 5.41) is 0. The van der Waals surface area contributed by atoms with Gasteiger partial charge in [0.05, 0.1) is 11.1 Å². The minimum atomic E-state index is -0.206. The number of nitrogens with zero attached hydrogens (tertiary/aromatic N) is 1. The molecule has 1 unspecified atom stereocenters. The summed E-state index contributed by atoms with van der Waals surface area (Å²) >= 11 is 3.25. The molecule has 1 aromatic carbocycles. The van der Waals surface area contributed by atoms with Crippen LogP contribution >= 0.6 is 15.9 Å². The highest BCUT2D eigenvalue weighted by atomic mass is 79.9. The Kier molecular flexibility index (Phi) is 5.37. The molecular weight excluding hydrogens is 309 g/mol. The van der Waals surface area contributed by atoms with E-state index in [1.54, 1.807) is 7.11 Å². The molecule has 0 bridgehead atoms. The fourth-order valence-corrected chi connectivity index (χ4v) is 2.81. The van der Waals surface area contributed by atoms with Crippen LogP contribution in [0.4, 0.5) is 4.39 Å². The van der Waals surface area contributed by atoms with Crippen LogP contribution in [-0.4, -0.2) is 31.2 Å². The summed E-state index contributed by atoms with van der Waals surface area (Å²) in [6, 6.07) is 5.82. The van der Waals surface area contributed by atoms with E-state index >= 15 is 0 Å². The molecule has 0 radical (unpaired) electrons. The molecule has 0 aliphatic heterocycles. The van der Waals surface area contributed by atoms with Gasteiger partial charge in [-0.2, -0.15) is 0 Å². The van der Waals surface area contributed by atoms with Crippen molar-refractivity contribution in [2.24, 2.45) is 5.92 Å². The number of hydrogen-bond acceptors (Lipinski definition) is 2. The van der Waals surface area contributed by atoms with Gasteiger partial charge in [0.2, 0.25) is 0 Å². The van der Waals surface area contributed by atoms with Crippen LogP contribution in [0.3, 0.4) is 0 Å². The van der Waals surface area contributed by atoms with Gasteiger partial charge in [0.25, 0.3) is 0 Å². The van der Waals surface area contributed by atoms with Crippen LogP contribution < -0.4 is 0 Å². The van der Waals surface area contributed by atoms with Gasteiger partial charge in [0.15, 0.2) is 0 Å². The summed E-state index contributed by atoms with van der Waals surface area (Å²) in [5.74, 6) is 0.614. The van der Waals surface area contributed by atoms with Crippen LogP contribution in [-0.2, 0) is 11.3 Å². The highest BCUT2D eigenvalue weighted by molar-refractivity contribution is 9.10. The Hall–Kier alpha value is -0.450. The van der Waals surface area contributed by atoms with Crippen molar-refractivity contribution in [3.05, 3.63) is 34.1 Å². The zero-order valence-electron chi connectivity index (χ0n) is 11.5. The fraction of sp³-hybridized carbons (Fsp3) is 0.600. The van der Waals surface area contributed by atoms with E-state index < -0.39 is 0 Å². The summed E-state index contributed by atoms with van der Waals surface area (Å²) < 4.78 is 19.0. The predicted molar refractivity (Wildman–Crippen MR) is 78.6 cm³/mol. The second kappa shape index (κ2) is 6.82. The first-order valence-corrected chi connectivity index (χ1v) is 7.58. The molecule has 0 saturated heterocycles. The second-order valence-electron chi connectivity index (χ2n) is 5.29. The molecule has 1 aromatic rings. The molecule has 2 nitrogen and oxygen atoms in total. The lowest BCUT2D eigenvalue weighted by atomic mass is 10.1. The van der Waals surface area contributed by atoms with E-state index in [4.69, 9.17) is 4.74 Å². The van der Waals surface area contributed by atoms with Crippen LogP contribution in [0.2, 0.25) is 0 Å². The molecule has 1 saturated carbocycles. The lowest BCUT2D eigenvalue weighted by Gasteiger charge is -2.29. The molecule has 0 heterocycles. The Morgan fingerprint density at radius 3 is 2.79 bits per heavy atom. The van der Waals surface area contributed by atoms with Crippen LogP contribution in [0.1, 0.15) is 25.3 Å². The average Bonchev–Trinajstić information content (AvgIpc) is 3.22. The monoisotopic (exact) mass is 329 g/mol. The summed E-state index contributed by atoms with van der Waals surface area (Å²) in [6.07, 6.45) is 2.66. The molecule has 106 valence electrons. The Labute approximate surface area is 123 Å². The summed E-state index contributed by atoms with van der Waals surface area (Å²) in [6.45, 7) is 4.79. The summed E-state index contributed by atoms with van der Waals surface area (Å²) in [7, 11) is 1.73. The van der Waals surface area contributed by atoms with E-state index in [-0.39, 0.29) is 5.82 Å². The molecule has 0 amide bonds. The predicted octanol–water partition coefficient (Wildman–Crippen LogP) is 3.84. The number of methoxy groups -OCH3 is 1. The molecule has 0 spiro atoms. The molecule has 2 rings (SSSR count). The third kappa shape index (κ3) is 4.26. The van der Waals surface area contributed by atoms with Gasteiger partial charge in [0, 0.05) is 26.2 Å². The van der Waals surface area contributed by atoms with Crippen LogP contribution in [0, 0.1) is 11.7 Å². The maximum Gasteiger partial charge on any atom is 0.137 e. The van der Waals surface area contributed by atoms with Crippen molar-refractivity contribution >= 4 is 15.9 Å². The number of hydrogen-bond donors (Lipinski definition) is 0. The van der Waals surface area contributed by atoms with Crippen LogP contribution in [0.15, 0.2) is 22.7 Å². The Balaban J connectivity index is 2.02. The smallest absolute Gasteiger partial charge is 0.137 e. The first-order valence-electron chi connectivity index (χ1n) is 6.78. The molecule has 19 heavy (non-hydrogen) atoms. The van der Waals surface area contributed by atoms with Gasteiger partial charge in [0.1, 0.15) is 5.82 Å². The highest BCUT2D eigenvalue weighted by Gasteiger charge is 2.31. The van der Waals surface area contributed by atoms with Gasteiger partial charge >= 0.3 is 0 Å². The third-order valence-corrected chi connectivity index (χ3v) is 4.44. The van der Waals surface area contributed by atoms with Crippen molar-refractivity contribution in [3.63, 3.8) is 0 Å². The Bertz CT molecular complexity index is 423. The lowest BCUT2D eigenvalue weighted by molar-refractivity contribution is 0.111. The van der Waals surface area contributed by atoms with E-state index in [2.05, 4.69) is 27.8 Å². The van der Waals surface area contributed by atoms with Crippen molar-refractivity contribution < 1.29 is 9.13 Å². The zero-order chi connectivity index (χ0) is 13.8. The zero-order valence-corrected chi connectivity index (χ0v) is 13.1. The van der Waals surface area contributed by atoms with Gasteiger partial charge in [-0.05, 0) is 59.3 Å². The van der Waals surface area contributed by atoms with Gasteiger partial charge in [-0.15, -0.1) is 0 Å².